The molecule has 3 fully saturated rings. The average molecular weight is 277 g/mol. The molecule has 3 aliphatic rings. The number of nitrogens with one attached hydrogen (secondary N) is 1. The molecule has 4 rings (SSSR count). The Balaban J connectivity index is 1.56. The minimum atomic E-state index is 0.629. The van der Waals surface area contributed by atoms with E-state index in [0.29, 0.717) is 11.2 Å². The van der Waals surface area contributed by atoms with E-state index < -0.39 is 0 Å². The topological polar surface area (TPSA) is 24.9 Å². The third-order valence-electron chi connectivity index (χ3n) is 5.87. The standard InChI is InChI=1S/C16H21ClN2/c1-9-5-6-18-16(17)15(9)19-14-8-10-7-13(14)12-4-2-3-11(10)12/h5-6,10-14,19H,2-4,7-8H2,1H3. The highest BCUT2D eigenvalue weighted by molar-refractivity contribution is 6.32. The van der Waals surface area contributed by atoms with Crippen molar-refractivity contribution in [3.63, 3.8) is 0 Å². The highest BCUT2D eigenvalue weighted by Crippen LogP contribution is 2.59. The Kier molecular flexibility index (Phi) is 2.77. The van der Waals surface area contributed by atoms with Crippen LogP contribution in [0.3, 0.4) is 0 Å². The van der Waals surface area contributed by atoms with Gasteiger partial charge in [-0.15, -0.1) is 0 Å². The number of fused-ring (bicyclic) bond motifs is 5. The average Bonchev–Trinajstić information content (AvgIpc) is 3.05. The largest absolute Gasteiger partial charge is 0.379 e. The Hall–Kier alpha value is -0.760. The Morgan fingerprint density at radius 3 is 2.89 bits per heavy atom. The summed E-state index contributed by atoms with van der Waals surface area (Å²) in [4.78, 5) is 4.21. The molecule has 1 aromatic rings. The van der Waals surface area contributed by atoms with Gasteiger partial charge in [0.15, 0.2) is 5.15 Å². The van der Waals surface area contributed by atoms with Crippen molar-refractivity contribution in [3.8, 4) is 0 Å². The Labute approximate surface area is 120 Å². The van der Waals surface area contributed by atoms with Crippen molar-refractivity contribution in [2.75, 3.05) is 5.32 Å². The molecule has 0 saturated heterocycles. The van der Waals surface area contributed by atoms with Crippen molar-refractivity contribution in [2.45, 2.75) is 45.1 Å². The van der Waals surface area contributed by atoms with Crippen LogP contribution in [-0.2, 0) is 0 Å². The highest BCUT2D eigenvalue weighted by atomic mass is 35.5. The molecule has 1 aromatic heterocycles. The first kappa shape index (κ1) is 12.0. The van der Waals surface area contributed by atoms with Crippen molar-refractivity contribution < 1.29 is 0 Å². The van der Waals surface area contributed by atoms with Crippen LogP contribution in [0.15, 0.2) is 12.3 Å². The van der Waals surface area contributed by atoms with Crippen molar-refractivity contribution in [2.24, 2.45) is 23.7 Å². The summed E-state index contributed by atoms with van der Waals surface area (Å²) in [6.07, 6.45) is 8.99. The predicted octanol–water partition coefficient (Wildman–Crippen LogP) is 4.28. The van der Waals surface area contributed by atoms with Gasteiger partial charge in [-0.3, -0.25) is 0 Å². The van der Waals surface area contributed by atoms with Crippen LogP contribution in [0.25, 0.3) is 0 Å². The maximum Gasteiger partial charge on any atom is 0.152 e. The van der Waals surface area contributed by atoms with Gasteiger partial charge in [-0.25, -0.2) is 4.98 Å². The molecule has 0 amide bonds. The van der Waals surface area contributed by atoms with Gasteiger partial charge >= 0.3 is 0 Å². The fraction of sp³-hybridized carbons (Fsp3) is 0.688. The molecule has 102 valence electrons. The molecule has 0 spiro atoms. The number of halogens is 1. The second-order valence-electron chi connectivity index (χ2n) is 6.70. The zero-order valence-corrected chi connectivity index (χ0v) is 12.2. The van der Waals surface area contributed by atoms with Crippen LogP contribution < -0.4 is 5.32 Å². The summed E-state index contributed by atoms with van der Waals surface area (Å²) in [5.41, 5.74) is 2.28. The molecule has 1 heterocycles. The number of aromatic nitrogens is 1. The molecule has 5 atom stereocenters. The number of hydrogen-bond acceptors (Lipinski definition) is 2. The maximum absolute atomic E-state index is 6.25. The van der Waals surface area contributed by atoms with Gasteiger partial charge in [0.25, 0.3) is 0 Å². The molecule has 3 aliphatic carbocycles. The van der Waals surface area contributed by atoms with Crippen molar-refractivity contribution in [3.05, 3.63) is 23.0 Å². The van der Waals surface area contributed by atoms with Crippen LogP contribution in [0.2, 0.25) is 5.15 Å². The number of anilines is 1. The lowest BCUT2D eigenvalue weighted by Gasteiger charge is -2.33. The van der Waals surface area contributed by atoms with Crippen LogP contribution >= 0.6 is 11.6 Å². The summed E-state index contributed by atoms with van der Waals surface area (Å²) in [6, 6.07) is 2.67. The molecule has 0 aliphatic heterocycles. The second kappa shape index (κ2) is 4.37. The van der Waals surface area contributed by atoms with Crippen molar-refractivity contribution in [1.29, 1.82) is 0 Å². The van der Waals surface area contributed by atoms with Crippen LogP contribution in [0.4, 0.5) is 5.69 Å². The minimum absolute atomic E-state index is 0.629. The van der Waals surface area contributed by atoms with Crippen LogP contribution in [0.1, 0.15) is 37.7 Å². The Morgan fingerprint density at radius 1 is 1.21 bits per heavy atom. The van der Waals surface area contributed by atoms with E-state index in [0.717, 1.165) is 29.4 Å². The summed E-state index contributed by atoms with van der Waals surface area (Å²) in [5.74, 6) is 3.90. The smallest absolute Gasteiger partial charge is 0.152 e. The molecular formula is C16H21ClN2. The quantitative estimate of drug-likeness (QED) is 0.816. The van der Waals surface area contributed by atoms with Gasteiger partial charge in [0.05, 0.1) is 5.69 Å². The number of nitrogens with zero attached hydrogens (tertiary/aromatic N) is 1. The fourth-order valence-electron chi connectivity index (χ4n) is 5.12. The van der Waals surface area contributed by atoms with E-state index in [1.165, 1.54) is 37.7 Å². The molecule has 1 N–H and O–H groups in total. The van der Waals surface area contributed by atoms with Gasteiger partial charge in [-0.2, -0.15) is 0 Å². The van der Waals surface area contributed by atoms with E-state index in [4.69, 9.17) is 11.6 Å². The Morgan fingerprint density at radius 2 is 2.05 bits per heavy atom. The fourth-order valence-corrected chi connectivity index (χ4v) is 5.38. The second-order valence-corrected chi connectivity index (χ2v) is 7.06. The summed E-state index contributed by atoms with van der Waals surface area (Å²) in [7, 11) is 0. The molecule has 2 nitrogen and oxygen atoms in total. The number of hydrogen-bond donors (Lipinski definition) is 1. The van der Waals surface area contributed by atoms with Crippen molar-refractivity contribution in [1.82, 2.24) is 4.98 Å². The van der Waals surface area contributed by atoms with Crippen LogP contribution in [0, 0.1) is 30.6 Å². The molecule has 0 aromatic carbocycles. The van der Waals surface area contributed by atoms with E-state index >= 15 is 0 Å². The van der Waals surface area contributed by atoms with Gasteiger partial charge in [0.2, 0.25) is 0 Å². The minimum Gasteiger partial charge on any atom is -0.379 e. The van der Waals surface area contributed by atoms with E-state index in [2.05, 4.69) is 17.2 Å². The lowest BCUT2D eigenvalue weighted by atomic mass is 9.79. The summed E-state index contributed by atoms with van der Waals surface area (Å²) >= 11 is 6.25. The van der Waals surface area contributed by atoms with Gasteiger partial charge < -0.3 is 5.32 Å². The first-order chi connectivity index (χ1) is 9.24. The molecule has 3 heteroatoms. The lowest BCUT2D eigenvalue weighted by molar-refractivity contribution is 0.243. The van der Waals surface area contributed by atoms with Gasteiger partial charge in [-0.05, 0) is 67.9 Å². The molecule has 0 radical (unpaired) electrons. The lowest BCUT2D eigenvalue weighted by Crippen LogP contribution is -2.34. The van der Waals surface area contributed by atoms with E-state index in [1.807, 2.05) is 6.07 Å². The predicted molar refractivity (Wildman–Crippen MR) is 78.4 cm³/mol. The Bertz CT molecular complexity index is 481. The zero-order valence-electron chi connectivity index (χ0n) is 11.4. The van der Waals surface area contributed by atoms with Crippen LogP contribution in [0.5, 0.6) is 0 Å². The van der Waals surface area contributed by atoms with Gasteiger partial charge in [0.1, 0.15) is 0 Å². The maximum atomic E-state index is 6.25. The highest BCUT2D eigenvalue weighted by Gasteiger charge is 2.53. The normalized spacial score (nSPS) is 39.6. The zero-order chi connectivity index (χ0) is 13.0. The van der Waals surface area contributed by atoms with Gasteiger partial charge in [-0.1, -0.05) is 18.0 Å². The van der Waals surface area contributed by atoms with E-state index in [-0.39, 0.29) is 0 Å². The summed E-state index contributed by atoms with van der Waals surface area (Å²) in [5, 5.41) is 4.36. The number of rotatable bonds is 2. The van der Waals surface area contributed by atoms with Gasteiger partial charge in [0, 0.05) is 12.2 Å². The molecule has 2 bridgehead atoms. The van der Waals surface area contributed by atoms with E-state index in [1.54, 1.807) is 6.20 Å². The summed E-state index contributed by atoms with van der Waals surface area (Å²) in [6.45, 7) is 2.11. The molecule has 5 unspecified atom stereocenters. The molecule has 19 heavy (non-hydrogen) atoms. The third-order valence-corrected chi connectivity index (χ3v) is 6.16. The number of pyridine rings is 1. The number of aryl methyl sites for hydroxylation is 1. The molecular weight excluding hydrogens is 256 g/mol. The monoisotopic (exact) mass is 276 g/mol. The van der Waals surface area contributed by atoms with E-state index in [9.17, 15) is 0 Å². The third kappa shape index (κ3) is 1.79. The molecule has 3 saturated carbocycles. The SMILES string of the molecule is Cc1ccnc(Cl)c1NC1CC2CC1C1CCCC21. The van der Waals surface area contributed by atoms with Crippen molar-refractivity contribution >= 4 is 17.3 Å². The first-order valence-electron chi connectivity index (χ1n) is 7.61. The summed E-state index contributed by atoms with van der Waals surface area (Å²) < 4.78 is 0. The first-order valence-corrected chi connectivity index (χ1v) is 7.99. The van der Waals surface area contributed by atoms with Crippen LogP contribution in [-0.4, -0.2) is 11.0 Å².